The molecule has 8 aliphatic carbocycles. The third-order valence-electron chi connectivity index (χ3n) is 24.6. The lowest BCUT2D eigenvalue weighted by Gasteiger charge is -2.46. The zero-order valence-corrected chi connectivity index (χ0v) is 63.8. The molecule has 8 heterocycles. The maximum atomic E-state index is 12.6. The minimum Gasteiger partial charge on any atom is -0.481 e. The van der Waals surface area contributed by atoms with Gasteiger partial charge in [-0.25, -0.2) is 54.3 Å². The molecule has 0 N–H and O–H groups in total. The van der Waals surface area contributed by atoms with Gasteiger partial charge in [-0.1, -0.05) is 79.7 Å². The number of pyridine rings is 4. The highest BCUT2D eigenvalue weighted by Crippen LogP contribution is 2.55. The number of aromatic nitrogens is 12. The summed E-state index contributed by atoms with van der Waals surface area (Å²) in [6, 6.07) is 13.5. The van der Waals surface area contributed by atoms with Crippen LogP contribution in [0.1, 0.15) is 160 Å². The van der Waals surface area contributed by atoms with Crippen molar-refractivity contribution < 1.29 is 23.9 Å². The zero-order valence-electron chi connectivity index (χ0n) is 63.8. The third kappa shape index (κ3) is 12.8. The first-order valence-electron chi connectivity index (χ1n) is 36.9. The van der Waals surface area contributed by atoms with Gasteiger partial charge in [-0.2, -0.15) is 4.98 Å². The van der Waals surface area contributed by atoms with E-state index in [0.29, 0.717) is 29.2 Å². The summed E-state index contributed by atoms with van der Waals surface area (Å²) >= 11 is 0. The van der Waals surface area contributed by atoms with Gasteiger partial charge in [-0.05, 0) is 181 Å². The maximum absolute atomic E-state index is 12.6. The number of allylic oxidation sites excluding steroid dienone is 8. The van der Waals surface area contributed by atoms with E-state index in [0.717, 1.165) is 153 Å². The molecule has 0 unspecified atom stereocenters. The zero-order chi connectivity index (χ0) is 77.2. The largest absolute Gasteiger partial charge is 0.481 e. The van der Waals surface area contributed by atoms with Crippen molar-refractivity contribution in [1.29, 1.82) is 0 Å². The fraction of sp³-hybridized carbons (Fsp3) is 0.402. The number of carbonyl (C=O) groups excluding carboxylic acids is 4. The number of Topliss-reactive ketones (excluding diaryl/α,β-unsaturated/α-hetero) is 4. The van der Waals surface area contributed by atoms with Crippen LogP contribution < -0.4 is 4.74 Å². The van der Waals surface area contributed by atoms with Gasteiger partial charge in [0.1, 0.15) is 0 Å². The molecule has 0 radical (unpaired) electrons. The number of ether oxygens (including phenoxy) is 1. The third-order valence-corrected chi connectivity index (χ3v) is 24.6. The predicted octanol–water partition coefficient (Wildman–Crippen LogP) is 15.4. The fourth-order valence-corrected chi connectivity index (χ4v) is 18.7. The Morgan fingerprint density at radius 1 is 0.398 bits per heavy atom. The summed E-state index contributed by atoms with van der Waals surface area (Å²) < 4.78 is 5.62. The summed E-state index contributed by atoms with van der Waals surface area (Å²) in [5.74, 6) is 2.88. The summed E-state index contributed by atoms with van der Waals surface area (Å²) in [5.41, 5.74) is 16.8. The number of ketones is 4. The van der Waals surface area contributed by atoms with Crippen molar-refractivity contribution in [3.63, 3.8) is 0 Å². The summed E-state index contributed by atoms with van der Waals surface area (Å²) in [6.07, 6.45) is 24.9. The van der Waals surface area contributed by atoms with Gasteiger partial charge in [-0.3, -0.25) is 19.9 Å². The van der Waals surface area contributed by atoms with Gasteiger partial charge in [-0.15, -0.1) is 0 Å². The number of aryl methyl sites for hydroxylation is 6. The molecule has 8 aliphatic rings. The molecule has 0 aliphatic heterocycles. The van der Waals surface area contributed by atoms with E-state index in [4.69, 9.17) is 65.9 Å². The van der Waals surface area contributed by atoms with E-state index < -0.39 is 21.7 Å². The van der Waals surface area contributed by atoms with E-state index in [2.05, 4.69) is 72.0 Å². The normalized spacial score (nSPS) is 26.6. The van der Waals surface area contributed by atoms with Crippen molar-refractivity contribution in [1.82, 2.24) is 59.8 Å². The molecule has 12 atom stereocenters. The van der Waals surface area contributed by atoms with Crippen molar-refractivity contribution in [2.75, 3.05) is 7.11 Å². The topological polar surface area (TPSA) is 250 Å². The summed E-state index contributed by atoms with van der Waals surface area (Å²) in [4.78, 5) is 120. The Morgan fingerprint density at radius 2 is 0.713 bits per heavy atom. The first-order valence-corrected chi connectivity index (χ1v) is 36.9. The molecule has 0 spiro atoms. The van der Waals surface area contributed by atoms with Gasteiger partial charge >= 0.3 is 0 Å². The van der Waals surface area contributed by atoms with Crippen LogP contribution in [0, 0.1) is 115 Å². The second-order valence-electron chi connectivity index (χ2n) is 30.9. The Morgan fingerprint density at radius 3 is 1.06 bits per heavy atom. The Kier molecular flexibility index (Phi) is 20.0. The van der Waals surface area contributed by atoms with Gasteiger partial charge in [0, 0.05) is 139 Å². The lowest BCUT2D eigenvalue weighted by atomic mass is 9.58. The molecule has 108 heavy (non-hydrogen) atoms. The van der Waals surface area contributed by atoms with Crippen molar-refractivity contribution in [2.45, 2.75) is 170 Å². The summed E-state index contributed by atoms with van der Waals surface area (Å²) in [5, 5.41) is 0. The number of hydrogen-bond acceptors (Lipinski definition) is 17. The van der Waals surface area contributed by atoms with E-state index in [1.54, 1.807) is 38.1 Å². The molecule has 8 aromatic rings. The lowest BCUT2D eigenvalue weighted by Crippen LogP contribution is -2.46. The van der Waals surface area contributed by atoms with E-state index in [-0.39, 0.29) is 93.3 Å². The van der Waals surface area contributed by atoms with Crippen molar-refractivity contribution in [3.05, 3.63) is 251 Å². The molecule has 21 nitrogen and oxygen atoms in total. The average molecular weight is 1440 g/mol. The second-order valence-corrected chi connectivity index (χ2v) is 30.9. The number of nitrogens with zero attached hydrogens (tertiary/aromatic N) is 16. The molecular formula is C87H86N16O5. The van der Waals surface area contributed by atoms with Crippen LogP contribution in [0.3, 0.4) is 0 Å². The van der Waals surface area contributed by atoms with Gasteiger partial charge in [0.25, 0.3) is 0 Å². The number of fused-ring (bicyclic) bond motifs is 12. The Labute approximate surface area is 630 Å². The Bertz CT molecular complexity index is 5420. The van der Waals surface area contributed by atoms with Crippen LogP contribution in [0.2, 0.25) is 0 Å². The quantitative estimate of drug-likeness (QED) is 0.145. The smallest absolute Gasteiger partial charge is 0.226 e. The lowest BCUT2D eigenvalue weighted by molar-refractivity contribution is -0.122. The van der Waals surface area contributed by atoms with Crippen LogP contribution in [0.15, 0.2) is 127 Å². The average Bonchev–Trinajstić information content (AvgIpc) is 0.746. The van der Waals surface area contributed by atoms with Crippen LogP contribution in [0.25, 0.3) is 64.9 Å². The van der Waals surface area contributed by atoms with Gasteiger partial charge in [0.15, 0.2) is 46.4 Å². The van der Waals surface area contributed by atoms with E-state index in [1.807, 2.05) is 142 Å². The first-order chi connectivity index (χ1) is 51.5. The highest BCUT2D eigenvalue weighted by molar-refractivity contribution is 6.02. The van der Waals surface area contributed by atoms with Crippen molar-refractivity contribution >= 4 is 23.1 Å². The molecule has 16 rings (SSSR count). The molecular weight excluding hydrogens is 1350 g/mol. The summed E-state index contributed by atoms with van der Waals surface area (Å²) in [6.45, 7) is 57.9. The highest BCUT2D eigenvalue weighted by Gasteiger charge is 2.54. The fourth-order valence-electron chi connectivity index (χ4n) is 18.7. The highest BCUT2D eigenvalue weighted by atomic mass is 16.5. The molecule has 0 aromatic carbocycles. The first kappa shape index (κ1) is 74.6. The monoisotopic (exact) mass is 1430 g/mol. The minimum atomic E-state index is -0.506. The molecule has 21 heteroatoms. The number of methoxy groups -OCH3 is 1. The molecule has 8 aromatic heterocycles. The van der Waals surface area contributed by atoms with Gasteiger partial charge in [0.2, 0.25) is 28.7 Å². The molecule has 0 amide bonds. The molecule has 0 saturated carbocycles. The van der Waals surface area contributed by atoms with Crippen molar-refractivity contribution in [2.24, 2.45) is 47.3 Å². The second kappa shape index (κ2) is 28.9. The summed E-state index contributed by atoms with van der Waals surface area (Å²) in [7, 11) is 1.62. The van der Waals surface area contributed by atoms with Crippen LogP contribution in [-0.4, -0.2) is 90.1 Å². The van der Waals surface area contributed by atoms with Crippen LogP contribution in [-0.2, 0) is 66.5 Å². The molecule has 0 fully saturated rings. The molecule has 0 saturated heterocycles. The number of rotatable bonds is 5. The van der Waals surface area contributed by atoms with E-state index in [9.17, 15) is 19.2 Å². The van der Waals surface area contributed by atoms with Crippen LogP contribution in [0.5, 0.6) is 5.88 Å². The SMILES string of the molecule is [C-]#[N+]C1=C[C@@]2(C)c3nc(-c4ccnc(C)c4)nc(C)c3CC[C@@H]2[C@@H](C)C1=O.[C-]#[N+]C1=C[C@@]2(C)c3nc(-c4ccnc(C)c4)nc(OC)c3CC[C@@H]2[C@@H](C)C1=O.[C-]#[N+]C1=C[C@@]2(C)c3nc(-c4ccncc4)nc(C)c3CC[C@@H]2[C@@H](C)C1=O.[C-]#[N+]C1=C[C@@]2(C)c3nc(-c4ccncc4C)nc(C)c3CC[C@@H]2[C@@H](C)C1=O. The predicted molar refractivity (Wildman–Crippen MR) is 408 cm³/mol. The molecule has 0 bridgehead atoms. The Balaban J connectivity index is 0.000000127. The van der Waals surface area contributed by atoms with Gasteiger partial charge in [0.05, 0.1) is 56.2 Å². The van der Waals surface area contributed by atoms with Crippen LogP contribution in [0.4, 0.5) is 0 Å². The van der Waals surface area contributed by atoms with Gasteiger partial charge < -0.3 is 23.9 Å². The van der Waals surface area contributed by atoms with Crippen molar-refractivity contribution in [3.8, 4) is 51.4 Å². The minimum absolute atomic E-state index is 0.0353. The van der Waals surface area contributed by atoms with E-state index >= 15 is 0 Å². The maximum Gasteiger partial charge on any atom is 0.226 e. The number of hydrogen-bond donors (Lipinski definition) is 0. The Hall–Kier alpha value is -11.7. The van der Waals surface area contributed by atoms with E-state index in [1.165, 1.54) is 0 Å². The van der Waals surface area contributed by atoms with Crippen LogP contribution >= 0.6 is 0 Å². The number of carbonyl (C=O) groups is 4. The molecule has 544 valence electrons. The standard InChI is InChI=1S/C22H22N4O2.2C22H22N4O.C21H20N4O/c1-12-10-14(8-9-24-12)20-25-19-15(21(26-20)28-5)6-7-16-13(2)18(27)17(23-4)11-22(16,19)3;1-12-11-24-9-8-15(12)21-25-14(3)16-6-7-17-13(2)19(27)18(23-5)10-22(17,4)20(16)26-21;1-12-10-15(8-9-24-12)21-25-14(3)16-6-7-17-13(2)19(27)18(23-5)11-22(17,4)20(16)26-21;1-12-16-6-5-15-13(2)24-20(14-7-9-23-10-8-14)25-19(15)21(16,3)11-17(22-4)18(12)26/h8-11,13,16H,6-7H2,1-3,5H3;2*8-11,13,17H,6-7H2,1-4H3;7-12,16H,5-6H2,1-3H3/t13-,16-,22-;2*13-,17-,22-;12-,16-,21-/m1111/s1.